The molecule has 1 aliphatic rings. The lowest BCUT2D eigenvalue weighted by Gasteiger charge is -2.37. The van der Waals surface area contributed by atoms with E-state index in [-0.39, 0.29) is 11.9 Å². The lowest BCUT2D eigenvalue weighted by atomic mass is 10.0. The number of para-hydroxylation sites is 1. The maximum atomic E-state index is 12.9. The van der Waals surface area contributed by atoms with Crippen LogP contribution in [-0.4, -0.2) is 56.0 Å². The summed E-state index contributed by atoms with van der Waals surface area (Å²) in [7, 11) is 3.49. The van der Waals surface area contributed by atoms with Crippen LogP contribution in [-0.2, 0) is 11.3 Å². The highest BCUT2D eigenvalue weighted by atomic mass is 35.5. The molecule has 1 atom stereocenters. The Morgan fingerprint density at radius 2 is 2.11 bits per heavy atom. The van der Waals surface area contributed by atoms with Crippen LogP contribution in [0.3, 0.4) is 0 Å². The zero-order chi connectivity index (χ0) is 19.2. The fourth-order valence-corrected chi connectivity index (χ4v) is 3.65. The smallest absolute Gasteiger partial charge is 0.236 e. The highest BCUT2D eigenvalue weighted by molar-refractivity contribution is 6.30. The predicted molar refractivity (Wildman–Crippen MR) is 108 cm³/mol. The van der Waals surface area contributed by atoms with E-state index in [1.54, 1.807) is 12.0 Å². The van der Waals surface area contributed by atoms with Crippen LogP contribution in [0.15, 0.2) is 48.5 Å². The Morgan fingerprint density at radius 1 is 1.30 bits per heavy atom. The second kappa shape index (κ2) is 9.22. The van der Waals surface area contributed by atoms with E-state index in [4.69, 9.17) is 16.3 Å². The summed E-state index contributed by atoms with van der Waals surface area (Å²) in [5.74, 6) is 0.894. The van der Waals surface area contributed by atoms with E-state index < -0.39 is 0 Å². The highest BCUT2D eigenvalue weighted by Gasteiger charge is 2.26. The van der Waals surface area contributed by atoms with Crippen LogP contribution >= 0.6 is 11.6 Å². The normalized spacial score (nSPS) is 17.5. The molecule has 1 unspecified atom stereocenters. The summed E-state index contributed by atoms with van der Waals surface area (Å²) in [6, 6.07) is 15.8. The van der Waals surface area contributed by atoms with Gasteiger partial charge in [0.15, 0.2) is 0 Å². The number of methoxy groups -OCH3 is 1. The van der Waals surface area contributed by atoms with E-state index in [1.165, 1.54) is 0 Å². The minimum absolute atomic E-state index is 0.0924. The molecular weight excluding hydrogens is 362 g/mol. The molecule has 0 bridgehead atoms. The van der Waals surface area contributed by atoms with Crippen LogP contribution in [0.1, 0.15) is 17.2 Å². The lowest BCUT2D eigenvalue weighted by molar-refractivity contribution is -0.132. The van der Waals surface area contributed by atoms with Crippen LogP contribution in [0.4, 0.5) is 0 Å². The molecule has 2 aromatic rings. The van der Waals surface area contributed by atoms with Crippen molar-refractivity contribution in [1.82, 2.24) is 15.1 Å². The van der Waals surface area contributed by atoms with Gasteiger partial charge < -0.3 is 15.0 Å². The molecule has 1 aliphatic heterocycles. The molecule has 0 saturated carbocycles. The molecule has 0 radical (unpaired) electrons. The number of nitrogens with one attached hydrogen (secondary N) is 1. The molecule has 6 heteroatoms. The van der Waals surface area contributed by atoms with Gasteiger partial charge in [0.05, 0.1) is 13.7 Å². The van der Waals surface area contributed by atoms with Crippen LogP contribution in [0.25, 0.3) is 0 Å². The van der Waals surface area contributed by atoms with Gasteiger partial charge >= 0.3 is 0 Å². The first-order valence-electron chi connectivity index (χ1n) is 9.14. The van der Waals surface area contributed by atoms with Gasteiger partial charge in [0, 0.05) is 49.9 Å². The lowest BCUT2D eigenvalue weighted by Crippen LogP contribution is -2.49. The summed E-state index contributed by atoms with van der Waals surface area (Å²) in [4.78, 5) is 16.8. The molecule has 0 aromatic heterocycles. The second-order valence-electron chi connectivity index (χ2n) is 6.81. The first-order chi connectivity index (χ1) is 13.1. The first kappa shape index (κ1) is 19.7. The van der Waals surface area contributed by atoms with Gasteiger partial charge in [0.1, 0.15) is 5.75 Å². The minimum atomic E-state index is 0.0924. The van der Waals surface area contributed by atoms with Crippen LogP contribution in [0, 0.1) is 0 Å². The summed E-state index contributed by atoms with van der Waals surface area (Å²) in [5.41, 5.74) is 2.14. The van der Waals surface area contributed by atoms with Crippen molar-refractivity contribution in [3.63, 3.8) is 0 Å². The Kier molecular flexibility index (Phi) is 6.72. The molecule has 1 fully saturated rings. The van der Waals surface area contributed by atoms with E-state index in [9.17, 15) is 4.79 Å². The van der Waals surface area contributed by atoms with Gasteiger partial charge in [-0.15, -0.1) is 0 Å². The maximum absolute atomic E-state index is 12.9. The van der Waals surface area contributed by atoms with Crippen LogP contribution < -0.4 is 10.1 Å². The summed E-state index contributed by atoms with van der Waals surface area (Å²) in [5, 5.41) is 4.13. The first-order valence-corrected chi connectivity index (χ1v) is 9.52. The average molecular weight is 388 g/mol. The Hall–Kier alpha value is -2.08. The molecule has 1 N–H and O–H groups in total. The number of hydrogen-bond acceptors (Lipinski definition) is 4. The van der Waals surface area contributed by atoms with Crippen molar-refractivity contribution >= 4 is 17.5 Å². The van der Waals surface area contributed by atoms with Crippen molar-refractivity contribution in [3.8, 4) is 5.75 Å². The van der Waals surface area contributed by atoms with Crippen molar-refractivity contribution in [2.24, 2.45) is 0 Å². The molecule has 27 heavy (non-hydrogen) atoms. The van der Waals surface area contributed by atoms with E-state index in [0.29, 0.717) is 13.1 Å². The zero-order valence-electron chi connectivity index (χ0n) is 15.8. The number of benzene rings is 2. The van der Waals surface area contributed by atoms with E-state index in [1.807, 2.05) is 49.5 Å². The van der Waals surface area contributed by atoms with Gasteiger partial charge in [0.2, 0.25) is 5.91 Å². The molecule has 1 amide bonds. The van der Waals surface area contributed by atoms with Gasteiger partial charge in [-0.3, -0.25) is 9.69 Å². The Bertz CT molecular complexity index is 784. The molecule has 0 spiro atoms. The van der Waals surface area contributed by atoms with Gasteiger partial charge in [-0.2, -0.15) is 0 Å². The third kappa shape index (κ3) is 5.01. The number of nitrogens with zero attached hydrogens (tertiary/aromatic N) is 2. The fourth-order valence-electron chi connectivity index (χ4n) is 3.45. The molecule has 1 heterocycles. The standard InChI is InChI=1S/C21H26ClN3O2/c1-24(14-17-6-3-4-9-20(17)27-2)21(26)15-25-11-10-23-13-19(25)16-7-5-8-18(22)12-16/h3-9,12,19,23H,10-11,13-15H2,1-2H3. The minimum Gasteiger partial charge on any atom is -0.496 e. The zero-order valence-corrected chi connectivity index (χ0v) is 16.6. The van der Waals surface area contributed by atoms with Gasteiger partial charge in [-0.1, -0.05) is 41.9 Å². The molecule has 0 aliphatic carbocycles. The highest BCUT2D eigenvalue weighted by Crippen LogP contribution is 2.25. The summed E-state index contributed by atoms with van der Waals surface area (Å²) in [6.07, 6.45) is 0. The van der Waals surface area contributed by atoms with Crippen molar-refractivity contribution in [1.29, 1.82) is 0 Å². The number of carbonyl (C=O) groups is 1. The van der Waals surface area contributed by atoms with Crippen molar-refractivity contribution in [2.45, 2.75) is 12.6 Å². The predicted octanol–water partition coefficient (Wildman–Crippen LogP) is 2.95. The Labute approximate surface area is 165 Å². The summed E-state index contributed by atoms with van der Waals surface area (Å²) in [6.45, 7) is 3.41. The number of rotatable bonds is 6. The van der Waals surface area contributed by atoms with E-state index in [0.717, 1.165) is 41.5 Å². The number of likely N-dealkylation sites (N-methyl/N-ethyl adjacent to an activating group) is 1. The quantitative estimate of drug-likeness (QED) is 0.827. The topological polar surface area (TPSA) is 44.8 Å². The fraction of sp³-hybridized carbons (Fsp3) is 0.381. The molecule has 1 saturated heterocycles. The maximum Gasteiger partial charge on any atom is 0.236 e. The Balaban J connectivity index is 1.67. The van der Waals surface area contributed by atoms with E-state index in [2.05, 4.69) is 16.3 Å². The van der Waals surface area contributed by atoms with Crippen LogP contribution in [0.5, 0.6) is 5.75 Å². The SMILES string of the molecule is COc1ccccc1CN(C)C(=O)CN1CCNCC1c1cccc(Cl)c1. The van der Waals surface area contributed by atoms with Crippen LogP contribution in [0.2, 0.25) is 5.02 Å². The van der Waals surface area contributed by atoms with Crippen molar-refractivity contribution in [2.75, 3.05) is 40.3 Å². The monoisotopic (exact) mass is 387 g/mol. The summed E-state index contributed by atoms with van der Waals surface area (Å²) < 4.78 is 5.39. The van der Waals surface area contributed by atoms with E-state index >= 15 is 0 Å². The number of halogens is 1. The van der Waals surface area contributed by atoms with Gasteiger partial charge in [-0.05, 0) is 23.8 Å². The number of hydrogen-bond donors (Lipinski definition) is 1. The Morgan fingerprint density at radius 3 is 2.89 bits per heavy atom. The van der Waals surface area contributed by atoms with Crippen molar-refractivity contribution in [3.05, 3.63) is 64.7 Å². The number of carbonyl (C=O) groups excluding carboxylic acids is 1. The second-order valence-corrected chi connectivity index (χ2v) is 7.24. The molecule has 144 valence electrons. The largest absolute Gasteiger partial charge is 0.496 e. The summed E-state index contributed by atoms with van der Waals surface area (Å²) >= 11 is 6.16. The number of piperazine rings is 1. The third-order valence-corrected chi connectivity index (χ3v) is 5.19. The molecular formula is C21H26ClN3O2. The molecule has 3 rings (SSSR count). The molecule has 2 aromatic carbocycles. The average Bonchev–Trinajstić information content (AvgIpc) is 2.68. The van der Waals surface area contributed by atoms with Gasteiger partial charge in [0.25, 0.3) is 0 Å². The van der Waals surface area contributed by atoms with Gasteiger partial charge in [-0.25, -0.2) is 0 Å². The molecule has 5 nitrogen and oxygen atoms in total. The third-order valence-electron chi connectivity index (χ3n) is 4.95. The number of ether oxygens (including phenoxy) is 1. The number of amides is 1. The van der Waals surface area contributed by atoms with Crippen molar-refractivity contribution < 1.29 is 9.53 Å².